The van der Waals surface area contributed by atoms with E-state index in [-0.39, 0.29) is 10.8 Å². The molecule has 1 aliphatic heterocycles. The van der Waals surface area contributed by atoms with E-state index in [1.54, 1.807) is 65.6 Å². The number of halogens is 2. The largest absolute Gasteiger partial charge is 0.308 e. The SMILES string of the molecule is O=C(c1ccc(Cl)cc1)N1CCCc2cc(S(=O)(=O)Nc3ccc(Cl)cc3)ccc21. The molecule has 0 fully saturated rings. The lowest BCUT2D eigenvalue weighted by Crippen LogP contribution is -2.35. The Balaban J connectivity index is 1.62. The molecule has 3 aromatic rings. The molecule has 1 heterocycles. The van der Waals surface area contributed by atoms with Gasteiger partial charge in [0, 0.05) is 33.5 Å². The van der Waals surface area contributed by atoms with Gasteiger partial charge >= 0.3 is 0 Å². The van der Waals surface area contributed by atoms with E-state index in [9.17, 15) is 13.2 Å². The predicted octanol–water partition coefficient (Wildman–Crippen LogP) is 5.39. The van der Waals surface area contributed by atoms with Crippen LogP contribution in [0, 0.1) is 0 Å². The monoisotopic (exact) mass is 460 g/mol. The first-order chi connectivity index (χ1) is 14.3. The molecule has 0 bridgehead atoms. The van der Waals surface area contributed by atoms with E-state index in [4.69, 9.17) is 23.2 Å². The van der Waals surface area contributed by atoms with E-state index in [0.717, 1.165) is 17.7 Å². The second-order valence-electron chi connectivity index (χ2n) is 6.97. The maximum atomic E-state index is 13.0. The van der Waals surface area contributed by atoms with Crippen molar-refractivity contribution in [3.05, 3.63) is 87.9 Å². The van der Waals surface area contributed by atoms with Gasteiger partial charge in [0.25, 0.3) is 15.9 Å². The van der Waals surface area contributed by atoms with Crippen LogP contribution in [0.4, 0.5) is 11.4 Å². The number of rotatable bonds is 4. The lowest BCUT2D eigenvalue weighted by molar-refractivity contribution is 0.0985. The first-order valence-electron chi connectivity index (χ1n) is 9.32. The first kappa shape index (κ1) is 20.7. The van der Waals surface area contributed by atoms with Gasteiger partial charge in [0.2, 0.25) is 0 Å². The molecule has 4 rings (SSSR count). The molecule has 0 spiro atoms. The smallest absolute Gasteiger partial charge is 0.261 e. The van der Waals surface area contributed by atoms with Gasteiger partial charge in [-0.3, -0.25) is 9.52 Å². The van der Waals surface area contributed by atoms with Crippen LogP contribution in [0.3, 0.4) is 0 Å². The van der Waals surface area contributed by atoms with E-state index in [2.05, 4.69) is 4.72 Å². The molecule has 0 saturated heterocycles. The molecule has 0 aliphatic carbocycles. The number of carbonyl (C=O) groups excluding carboxylic acids is 1. The highest BCUT2D eigenvalue weighted by atomic mass is 35.5. The third-order valence-corrected chi connectivity index (χ3v) is 6.80. The van der Waals surface area contributed by atoms with Crippen LogP contribution in [0.25, 0.3) is 0 Å². The number of hydrogen-bond donors (Lipinski definition) is 1. The Kier molecular flexibility index (Phi) is 5.73. The minimum Gasteiger partial charge on any atom is -0.308 e. The summed E-state index contributed by atoms with van der Waals surface area (Å²) in [4.78, 5) is 14.8. The van der Waals surface area contributed by atoms with Crippen LogP contribution in [0.5, 0.6) is 0 Å². The van der Waals surface area contributed by atoms with Gasteiger partial charge in [0.1, 0.15) is 0 Å². The molecule has 0 saturated carbocycles. The zero-order valence-corrected chi connectivity index (χ0v) is 18.1. The van der Waals surface area contributed by atoms with Gasteiger partial charge < -0.3 is 4.90 Å². The summed E-state index contributed by atoms with van der Waals surface area (Å²) in [6.45, 7) is 0.573. The molecule has 1 N–H and O–H groups in total. The minimum absolute atomic E-state index is 0.137. The Hall–Kier alpha value is -2.54. The number of aryl methyl sites for hydroxylation is 1. The summed E-state index contributed by atoms with van der Waals surface area (Å²) in [6, 6.07) is 18.0. The van der Waals surface area contributed by atoms with Crippen molar-refractivity contribution < 1.29 is 13.2 Å². The number of carbonyl (C=O) groups is 1. The van der Waals surface area contributed by atoms with Crippen LogP contribution in [-0.4, -0.2) is 20.9 Å². The first-order valence-corrected chi connectivity index (χ1v) is 11.6. The van der Waals surface area contributed by atoms with Crippen molar-refractivity contribution in [1.82, 2.24) is 0 Å². The lowest BCUT2D eigenvalue weighted by atomic mass is 10.0. The third kappa shape index (κ3) is 4.31. The summed E-state index contributed by atoms with van der Waals surface area (Å²) in [5.74, 6) is -0.137. The number of benzene rings is 3. The van der Waals surface area contributed by atoms with Gasteiger partial charge in [0.05, 0.1) is 4.90 Å². The van der Waals surface area contributed by atoms with Crippen molar-refractivity contribution in [3.8, 4) is 0 Å². The number of nitrogens with zero attached hydrogens (tertiary/aromatic N) is 1. The van der Waals surface area contributed by atoms with Gasteiger partial charge in [-0.15, -0.1) is 0 Å². The molecule has 3 aromatic carbocycles. The molecule has 0 atom stereocenters. The summed E-state index contributed by atoms with van der Waals surface area (Å²) in [5, 5.41) is 1.09. The van der Waals surface area contributed by atoms with E-state index in [1.165, 1.54) is 6.07 Å². The fraction of sp³-hybridized carbons (Fsp3) is 0.136. The fourth-order valence-electron chi connectivity index (χ4n) is 3.43. The zero-order valence-electron chi connectivity index (χ0n) is 15.8. The molecule has 1 amide bonds. The number of hydrogen-bond acceptors (Lipinski definition) is 3. The molecular formula is C22H18Cl2N2O3S. The summed E-state index contributed by atoms with van der Waals surface area (Å²) in [6.07, 6.45) is 1.45. The quantitative estimate of drug-likeness (QED) is 0.567. The normalized spacial score (nSPS) is 13.6. The minimum atomic E-state index is -3.77. The Labute approximate surface area is 185 Å². The van der Waals surface area contributed by atoms with E-state index < -0.39 is 10.0 Å². The van der Waals surface area contributed by atoms with Crippen molar-refractivity contribution in [1.29, 1.82) is 0 Å². The summed E-state index contributed by atoms with van der Waals surface area (Å²) >= 11 is 11.8. The zero-order chi connectivity index (χ0) is 21.3. The third-order valence-electron chi connectivity index (χ3n) is 4.91. The number of anilines is 2. The molecule has 0 unspecified atom stereocenters. The highest BCUT2D eigenvalue weighted by Gasteiger charge is 2.25. The average Bonchev–Trinajstić information content (AvgIpc) is 2.74. The molecule has 8 heteroatoms. The average molecular weight is 461 g/mol. The highest BCUT2D eigenvalue weighted by molar-refractivity contribution is 7.92. The molecule has 0 aromatic heterocycles. The molecule has 154 valence electrons. The van der Waals surface area contributed by atoms with E-state index >= 15 is 0 Å². The van der Waals surface area contributed by atoms with Gasteiger partial charge in [-0.05, 0) is 85.1 Å². The van der Waals surface area contributed by atoms with Crippen molar-refractivity contribution in [3.63, 3.8) is 0 Å². The Bertz CT molecular complexity index is 1190. The topological polar surface area (TPSA) is 66.5 Å². The lowest BCUT2D eigenvalue weighted by Gasteiger charge is -2.30. The molecule has 5 nitrogen and oxygen atoms in total. The standard InChI is InChI=1S/C22H18Cl2N2O3S/c23-17-5-3-15(4-6-17)22(27)26-13-1-2-16-14-20(11-12-21(16)26)30(28,29)25-19-9-7-18(24)8-10-19/h3-12,14,25H,1-2,13H2. The van der Waals surface area contributed by atoms with Gasteiger partial charge in [-0.2, -0.15) is 0 Å². The van der Waals surface area contributed by atoms with E-state index in [0.29, 0.717) is 34.3 Å². The highest BCUT2D eigenvalue weighted by Crippen LogP contribution is 2.31. The van der Waals surface area contributed by atoms with Gasteiger partial charge in [-0.1, -0.05) is 23.2 Å². The number of amides is 1. The van der Waals surface area contributed by atoms with Crippen LogP contribution >= 0.6 is 23.2 Å². The number of fused-ring (bicyclic) bond motifs is 1. The van der Waals surface area contributed by atoms with Crippen LogP contribution < -0.4 is 9.62 Å². The van der Waals surface area contributed by atoms with Gasteiger partial charge in [-0.25, -0.2) is 8.42 Å². The Morgan fingerprint density at radius 3 is 2.20 bits per heavy atom. The molecule has 0 radical (unpaired) electrons. The second kappa shape index (κ2) is 8.30. The molecular weight excluding hydrogens is 443 g/mol. The van der Waals surface area contributed by atoms with Crippen LogP contribution in [0.2, 0.25) is 10.0 Å². The van der Waals surface area contributed by atoms with Crippen LogP contribution in [-0.2, 0) is 16.4 Å². The van der Waals surface area contributed by atoms with Crippen molar-refractivity contribution in [2.45, 2.75) is 17.7 Å². The second-order valence-corrected chi connectivity index (χ2v) is 9.53. The Morgan fingerprint density at radius 2 is 1.53 bits per heavy atom. The molecule has 1 aliphatic rings. The number of sulfonamides is 1. The van der Waals surface area contributed by atoms with Crippen molar-refractivity contribution >= 4 is 50.5 Å². The predicted molar refractivity (Wildman–Crippen MR) is 120 cm³/mol. The Morgan fingerprint density at radius 1 is 0.900 bits per heavy atom. The fourth-order valence-corrected chi connectivity index (χ4v) is 4.79. The van der Waals surface area contributed by atoms with Crippen LogP contribution in [0.15, 0.2) is 71.6 Å². The summed E-state index contributed by atoms with van der Waals surface area (Å²) in [5.41, 5.74) is 2.51. The van der Waals surface area contributed by atoms with Crippen molar-refractivity contribution in [2.24, 2.45) is 0 Å². The summed E-state index contributed by atoms with van der Waals surface area (Å²) < 4.78 is 28.2. The van der Waals surface area contributed by atoms with E-state index in [1.807, 2.05) is 0 Å². The van der Waals surface area contributed by atoms with Crippen LogP contribution in [0.1, 0.15) is 22.3 Å². The van der Waals surface area contributed by atoms with Gasteiger partial charge in [0.15, 0.2) is 0 Å². The number of nitrogens with one attached hydrogen (secondary N) is 1. The molecule has 30 heavy (non-hydrogen) atoms. The maximum absolute atomic E-state index is 13.0. The maximum Gasteiger partial charge on any atom is 0.261 e. The summed E-state index contributed by atoms with van der Waals surface area (Å²) in [7, 11) is -3.77. The van der Waals surface area contributed by atoms with Crippen molar-refractivity contribution in [2.75, 3.05) is 16.2 Å².